The van der Waals surface area contributed by atoms with E-state index in [1.165, 1.54) is 17.3 Å². The summed E-state index contributed by atoms with van der Waals surface area (Å²) in [6, 6.07) is 15.7. The van der Waals surface area contributed by atoms with Crippen LogP contribution in [-0.4, -0.2) is 43.2 Å². The van der Waals surface area contributed by atoms with Crippen LogP contribution in [0.3, 0.4) is 0 Å². The number of anilines is 1. The van der Waals surface area contributed by atoms with E-state index in [1.54, 1.807) is 0 Å². The molecule has 6 heteroatoms. The van der Waals surface area contributed by atoms with Crippen molar-refractivity contribution in [3.8, 4) is 0 Å². The monoisotopic (exact) mass is 397 g/mol. The lowest BCUT2D eigenvalue weighted by atomic mass is 10.2. The number of nitrogens with zero attached hydrogens (tertiary/aromatic N) is 1. The highest BCUT2D eigenvalue weighted by atomic mass is 32.2. The van der Waals surface area contributed by atoms with Crippen LogP contribution in [0.15, 0.2) is 53.4 Å². The molecule has 2 aromatic rings. The highest BCUT2D eigenvalue weighted by molar-refractivity contribution is 8.00. The highest BCUT2D eigenvalue weighted by Crippen LogP contribution is 2.29. The molecule has 0 saturated carbocycles. The maximum Gasteiger partial charge on any atom is 0.252 e. The zero-order chi connectivity index (χ0) is 19.9. The van der Waals surface area contributed by atoms with Gasteiger partial charge in [0, 0.05) is 29.7 Å². The number of carbonyl (C=O) groups excluding carboxylic acids is 2. The van der Waals surface area contributed by atoms with Gasteiger partial charge >= 0.3 is 0 Å². The lowest BCUT2D eigenvalue weighted by Gasteiger charge is -2.18. The fourth-order valence-corrected chi connectivity index (χ4v) is 4.28. The molecule has 2 aromatic carbocycles. The molecule has 2 amide bonds. The minimum atomic E-state index is -0.105. The smallest absolute Gasteiger partial charge is 0.252 e. The zero-order valence-electron chi connectivity index (χ0n) is 16.4. The second kappa shape index (κ2) is 9.75. The van der Waals surface area contributed by atoms with Gasteiger partial charge in [-0.1, -0.05) is 37.3 Å². The van der Waals surface area contributed by atoms with Crippen LogP contribution in [0.25, 0.3) is 0 Å². The zero-order valence-corrected chi connectivity index (χ0v) is 17.2. The number of carbonyl (C=O) groups is 2. The number of para-hydroxylation sites is 1. The number of hydrogen-bond acceptors (Lipinski definition) is 4. The molecule has 1 aliphatic heterocycles. The van der Waals surface area contributed by atoms with Gasteiger partial charge in [-0.25, -0.2) is 0 Å². The lowest BCUT2D eigenvalue weighted by Crippen LogP contribution is -2.39. The number of thioether (sulfide) groups is 1. The van der Waals surface area contributed by atoms with Crippen molar-refractivity contribution in [3.63, 3.8) is 0 Å². The van der Waals surface area contributed by atoms with E-state index in [4.69, 9.17) is 0 Å². The summed E-state index contributed by atoms with van der Waals surface area (Å²) in [4.78, 5) is 28.0. The Bertz CT molecular complexity index is 840. The van der Waals surface area contributed by atoms with E-state index in [0.717, 1.165) is 30.1 Å². The Morgan fingerprint density at radius 1 is 1.14 bits per heavy atom. The molecule has 5 nitrogen and oxygen atoms in total. The Morgan fingerprint density at radius 2 is 1.89 bits per heavy atom. The van der Waals surface area contributed by atoms with Crippen molar-refractivity contribution in [2.75, 3.05) is 30.3 Å². The van der Waals surface area contributed by atoms with Gasteiger partial charge < -0.3 is 15.5 Å². The quantitative estimate of drug-likeness (QED) is 0.672. The second-order valence-corrected chi connectivity index (χ2v) is 7.89. The number of hydrogen-bond donors (Lipinski definition) is 2. The maximum absolute atomic E-state index is 12.7. The number of amides is 2. The average Bonchev–Trinajstić information content (AvgIpc) is 3.15. The minimum Gasteiger partial charge on any atom is -0.350 e. The van der Waals surface area contributed by atoms with Crippen molar-refractivity contribution < 1.29 is 9.59 Å². The molecular weight excluding hydrogens is 370 g/mol. The van der Waals surface area contributed by atoms with E-state index >= 15 is 0 Å². The van der Waals surface area contributed by atoms with Crippen molar-refractivity contribution in [2.24, 2.45) is 0 Å². The van der Waals surface area contributed by atoms with Crippen molar-refractivity contribution in [1.82, 2.24) is 10.6 Å². The van der Waals surface area contributed by atoms with Crippen molar-refractivity contribution in [2.45, 2.75) is 31.2 Å². The lowest BCUT2D eigenvalue weighted by molar-refractivity contribution is -0.116. The summed E-state index contributed by atoms with van der Waals surface area (Å²) >= 11 is 1.42. The van der Waals surface area contributed by atoms with Crippen LogP contribution >= 0.6 is 11.8 Å². The number of fused-ring (bicyclic) bond motifs is 1. The van der Waals surface area contributed by atoms with Crippen LogP contribution in [0.1, 0.15) is 29.8 Å². The van der Waals surface area contributed by atoms with Crippen LogP contribution in [0.2, 0.25) is 0 Å². The molecule has 0 saturated heterocycles. The number of nitrogens with one attached hydrogen (secondary N) is 2. The SMILES string of the molecule is CCN[C@H](C)CNC(=O)c1ccccc1SCC(=O)N1CCc2ccccc21. The first-order valence-corrected chi connectivity index (χ1v) is 10.7. The van der Waals surface area contributed by atoms with Gasteiger partial charge in [-0.3, -0.25) is 9.59 Å². The Hall–Kier alpha value is -2.31. The molecule has 0 aromatic heterocycles. The van der Waals surface area contributed by atoms with Gasteiger partial charge in [0.15, 0.2) is 0 Å². The van der Waals surface area contributed by atoms with Crippen LogP contribution in [0, 0.1) is 0 Å². The molecule has 0 radical (unpaired) electrons. The van der Waals surface area contributed by atoms with Gasteiger partial charge in [0.05, 0.1) is 11.3 Å². The molecule has 148 valence electrons. The normalized spacial score (nSPS) is 13.9. The molecule has 1 atom stereocenters. The summed E-state index contributed by atoms with van der Waals surface area (Å²) in [7, 11) is 0. The number of benzene rings is 2. The van der Waals surface area contributed by atoms with Crippen molar-refractivity contribution >= 4 is 29.3 Å². The fraction of sp³-hybridized carbons (Fsp3) is 0.364. The summed E-state index contributed by atoms with van der Waals surface area (Å²) in [5.74, 6) is 0.282. The van der Waals surface area contributed by atoms with E-state index in [2.05, 4.69) is 16.7 Å². The topological polar surface area (TPSA) is 61.4 Å². The number of rotatable bonds is 8. The van der Waals surface area contributed by atoms with Gasteiger partial charge in [-0.2, -0.15) is 0 Å². The Balaban J connectivity index is 1.61. The average molecular weight is 398 g/mol. The van der Waals surface area contributed by atoms with Crippen LogP contribution in [0.5, 0.6) is 0 Å². The van der Waals surface area contributed by atoms with Crippen molar-refractivity contribution in [3.05, 3.63) is 59.7 Å². The number of likely N-dealkylation sites (N-methyl/N-ethyl adjacent to an activating group) is 1. The third-order valence-electron chi connectivity index (χ3n) is 4.79. The van der Waals surface area contributed by atoms with E-state index < -0.39 is 0 Å². The standard InChI is InChI=1S/C22H27N3O2S/c1-3-23-16(2)14-24-22(27)18-9-5-7-11-20(18)28-15-21(26)25-13-12-17-8-4-6-10-19(17)25/h4-11,16,23H,3,12-15H2,1-2H3,(H,24,27)/t16-/m1/s1. The molecule has 1 aliphatic rings. The summed E-state index contributed by atoms with van der Waals surface area (Å²) in [5, 5.41) is 6.25. The van der Waals surface area contributed by atoms with Gasteiger partial charge in [0.2, 0.25) is 5.91 Å². The third-order valence-corrected chi connectivity index (χ3v) is 5.85. The Labute approximate surface area is 170 Å². The third kappa shape index (κ3) is 4.94. The van der Waals surface area contributed by atoms with Crippen LogP contribution < -0.4 is 15.5 Å². The summed E-state index contributed by atoms with van der Waals surface area (Å²) in [6.07, 6.45) is 0.898. The van der Waals surface area contributed by atoms with Gasteiger partial charge in [-0.05, 0) is 43.7 Å². The second-order valence-electron chi connectivity index (χ2n) is 6.88. The molecule has 0 spiro atoms. The van der Waals surface area contributed by atoms with Crippen molar-refractivity contribution in [1.29, 1.82) is 0 Å². The van der Waals surface area contributed by atoms with Crippen LogP contribution in [0.4, 0.5) is 5.69 Å². The largest absolute Gasteiger partial charge is 0.350 e. The fourth-order valence-electron chi connectivity index (χ4n) is 3.36. The molecule has 2 N–H and O–H groups in total. The minimum absolute atomic E-state index is 0.0749. The van der Waals surface area contributed by atoms with Gasteiger partial charge in [-0.15, -0.1) is 11.8 Å². The molecule has 28 heavy (non-hydrogen) atoms. The molecule has 0 bridgehead atoms. The summed E-state index contributed by atoms with van der Waals surface area (Å²) in [6.45, 7) is 6.24. The van der Waals surface area contributed by atoms with E-state index in [0.29, 0.717) is 17.9 Å². The first kappa shape index (κ1) is 20.4. The van der Waals surface area contributed by atoms with E-state index in [-0.39, 0.29) is 17.9 Å². The molecule has 0 unspecified atom stereocenters. The molecule has 3 rings (SSSR count). The van der Waals surface area contributed by atoms with Crippen LogP contribution in [-0.2, 0) is 11.2 Å². The molecule has 0 aliphatic carbocycles. The highest BCUT2D eigenvalue weighted by Gasteiger charge is 2.24. The van der Waals surface area contributed by atoms with Gasteiger partial charge in [0.1, 0.15) is 0 Å². The predicted octanol–water partition coefficient (Wildman–Crippen LogP) is 3.10. The molecule has 1 heterocycles. The Morgan fingerprint density at radius 3 is 2.71 bits per heavy atom. The maximum atomic E-state index is 12.7. The summed E-state index contributed by atoms with van der Waals surface area (Å²) in [5.41, 5.74) is 2.85. The first-order valence-electron chi connectivity index (χ1n) is 9.71. The summed E-state index contributed by atoms with van der Waals surface area (Å²) < 4.78 is 0. The van der Waals surface area contributed by atoms with Gasteiger partial charge in [0.25, 0.3) is 5.91 Å². The first-order chi connectivity index (χ1) is 13.6. The Kier molecular flexibility index (Phi) is 7.12. The molecule has 0 fully saturated rings. The molecular formula is C22H27N3O2S. The predicted molar refractivity (Wildman–Crippen MR) is 115 cm³/mol. The van der Waals surface area contributed by atoms with E-state index in [1.807, 2.05) is 61.2 Å². The van der Waals surface area contributed by atoms with E-state index in [9.17, 15) is 9.59 Å².